The van der Waals surface area contributed by atoms with E-state index in [1.807, 2.05) is 6.92 Å². The number of likely N-dealkylation sites (tertiary alicyclic amines) is 1. The SMILES string of the molecule is CCOC1CCN(Cc2cc(C(=O)NN)co2)CC1. The van der Waals surface area contributed by atoms with E-state index in [9.17, 15) is 4.79 Å². The molecule has 0 aromatic carbocycles. The van der Waals surface area contributed by atoms with Crippen LogP contribution in [-0.2, 0) is 11.3 Å². The minimum absolute atomic E-state index is 0.329. The van der Waals surface area contributed by atoms with Crippen LogP contribution in [0.4, 0.5) is 0 Å². The molecule has 0 bridgehead atoms. The van der Waals surface area contributed by atoms with Gasteiger partial charge in [-0.2, -0.15) is 0 Å². The number of hydrogen-bond acceptors (Lipinski definition) is 5. The highest BCUT2D eigenvalue weighted by molar-refractivity contribution is 5.93. The Morgan fingerprint density at radius 1 is 1.58 bits per heavy atom. The number of nitrogens with one attached hydrogen (secondary N) is 1. The van der Waals surface area contributed by atoms with Crippen molar-refractivity contribution in [1.29, 1.82) is 0 Å². The minimum atomic E-state index is -0.329. The largest absolute Gasteiger partial charge is 0.467 e. The molecule has 1 aliphatic rings. The summed E-state index contributed by atoms with van der Waals surface area (Å²) < 4.78 is 11.0. The third kappa shape index (κ3) is 3.79. The molecule has 6 heteroatoms. The number of carbonyl (C=O) groups excluding carboxylic acids is 1. The summed E-state index contributed by atoms with van der Waals surface area (Å²) in [7, 11) is 0. The fourth-order valence-electron chi connectivity index (χ4n) is 2.36. The Kier molecular flexibility index (Phi) is 4.95. The first-order valence-electron chi connectivity index (χ1n) is 6.65. The second-order valence-electron chi connectivity index (χ2n) is 4.71. The van der Waals surface area contributed by atoms with Gasteiger partial charge in [-0.3, -0.25) is 15.1 Å². The fraction of sp³-hybridized carbons (Fsp3) is 0.615. The van der Waals surface area contributed by atoms with Gasteiger partial charge in [0.2, 0.25) is 0 Å². The van der Waals surface area contributed by atoms with Crippen molar-refractivity contribution < 1.29 is 13.9 Å². The molecule has 0 saturated carbocycles. The molecule has 1 aromatic heterocycles. The number of rotatable bonds is 5. The van der Waals surface area contributed by atoms with Crippen LogP contribution in [0.1, 0.15) is 35.9 Å². The van der Waals surface area contributed by atoms with E-state index in [-0.39, 0.29) is 5.91 Å². The Balaban J connectivity index is 1.82. The van der Waals surface area contributed by atoms with Crippen LogP contribution in [0.2, 0.25) is 0 Å². The lowest BCUT2D eigenvalue weighted by Crippen LogP contribution is -2.36. The second kappa shape index (κ2) is 6.70. The maximum atomic E-state index is 11.3. The Morgan fingerprint density at radius 3 is 2.95 bits per heavy atom. The van der Waals surface area contributed by atoms with Crippen LogP contribution in [0.25, 0.3) is 0 Å². The average Bonchev–Trinajstić information content (AvgIpc) is 2.89. The van der Waals surface area contributed by atoms with Crippen LogP contribution in [-0.4, -0.2) is 36.6 Å². The van der Waals surface area contributed by atoms with Crippen LogP contribution in [0.15, 0.2) is 16.7 Å². The molecule has 2 heterocycles. The molecule has 0 aliphatic carbocycles. The van der Waals surface area contributed by atoms with Crippen LogP contribution >= 0.6 is 0 Å². The molecule has 1 saturated heterocycles. The molecule has 2 rings (SSSR count). The number of hydrazine groups is 1. The fourth-order valence-corrected chi connectivity index (χ4v) is 2.36. The third-order valence-electron chi connectivity index (χ3n) is 3.36. The van der Waals surface area contributed by atoms with E-state index in [4.69, 9.17) is 15.0 Å². The quantitative estimate of drug-likeness (QED) is 0.470. The number of nitrogen functional groups attached to an aromatic ring is 1. The highest BCUT2D eigenvalue weighted by atomic mass is 16.5. The lowest BCUT2D eigenvalue weighted by Gasteiger charge is -2.30. The second-order valence-corrected chi connectivity index (χ2v) is 4.71. The first-order valence-corrected chi connectivity index (χ1v) is 6.65. The molecular weight excluding hydrogens is 246 g/mol. The molecule has 0 spiro atoms. The molecule has 1 aliphatic heterocycles. The maximum Gasteiger partial charge on any atom is 0.268 e. The third-order valence-corrected chi connectivity index (χ3v) is 3.36. The van der Waals surface area contributed by atoms with Gasteiger partial charge in [-0.1, -0.05) is 0 Å². The van der Waals surface area contributed by atoms with Gasteiger partial charge in [0, 0.05) is 19.7 Å². The monoisotopic (exact) mass is 267 g/mol. The van der Waals surface area contributed by atoms with Crippen molar-refractivity contribution in [2.45, 2.75) is 32.4 Å². The highest BCUT2D eigenvalue weighted by Crippen LogP contribution is 2.17. The molecule has 0 unspecified atom stereocenters. The predicted octanol–water partition coefficient (Wildman–Crippen LogP) is 0.884. The summed E-state index contributed by atoms with van der Waals surface area (Å²) in [5.74, 6) is 5.53. The van der Waals surface area contributed by atoms with Gasteiger partial charge in [-0.05, 0) is 25.8 Å². The van der Waals surface area contributed by atoms with Gasteiger partial charge >= 0.3 is 0 Å². The van der Waals surface area contributed by atoms with Gasteiger partial charge in [0.15, 0.2) is 0 Å². The summed E-state index contributed by atoms with van der Waals surface area (Å²) in [5.41, 5.74) is 2.55. The van der Waals surface area contributed by atoms with E-state index < -0.39 is 0 Å². The van der Waals surface area contributed by atoms with Gasteiger partial charge in [-0.25, -0.2) is 5.84 Å². The molecule has 3 N–H and O–H groups in total. The first-order chi connectivity index (χ1) is 9.22. The van der Waals surface area contributed by atoms with Crippen molar-refractivity contribution in [3.05, 3.63) is 23.7 Å². The Hall–Kier alpha value is -1.37. The van der Waals surface area contributed by atoms with Gasteiger partial charge in [0.1, 0.15) is 12.0 Å². The van der Waals surface area contributed by atoms with Gasteiger partial charge in [0.05, 0.1) is 18.2 Å². The molecule has 1 aromatic rings. The Bertz CT molecular complexity index is 411. The van der Waals surface area contributed by atoms with Gasteiger partial charge in [0.25, 0.3) is 5.91 Å². The van der Waals surface area contributed by atoms with Crippen molar-refractivity contribution in [2.24, 2.45) is 5.84 Å². The Labute approximate surface area is 112 Å². The number of nitrogens with zero attached hydrogens (tertiary/aromatic N) is 1. The molecular formula is C13H21N3O3. The first kappa shape index (κ1) is 14.0. The average molecular weight is 267 g/mol. The van der Waals surface area contributed by atoms with Crippen molar-refractivity contribution >= 4 is 5.91 Å². The lowest BCUT2D eigenvalue weighted by atomic mass is 10.1. The van der Waals surface area contributed by atoms with Gasteiger partial charge < -0.3 is 9.15 Å². The van der Waals surface area contributed by atoms with E-state index in [1.165, 1.54) is 6.26 Å². The number of carbonyl (C=O) groups is 1. The summed E-state index contributed by atoms with van der Waals surface area (Å²) in [4.78, 5) is 13.6. The zero-order chi connectivity index (χ0) is 13.7. The smallest absolute Gasteiger partial charge is 0.268 e. The lowest BCUT2D eigenvalue weighted by molar-refractivity contribution is 0.0112. The number of piperidine rings is 1. The number of amides is 1. The zero-order valence-electron chi connectivity index (χ0n) is 11.2. The minimum Gasteiger partial charge on any atom is -0.467 e. The van der Waals surface area contributed by atoms with Crippen LogP contribution in [0.5, 0.6) is 0 Å². The number of ether oxygens (including phenoxy) is 1. The van der Waals surface area contributed by atoms with E-state index in [2.05, 4.69) is 10.3 Å². The zero-order valence-corrected chi connectivity index (χ0v) is 11.2. The maximum absolute atomic E-state index is 11.3. The van der Waals surface area contributed by atoms with Crippen LogP contribution in [0.3, 0.4) is 0 Å². The predicted molar refractivity (Wildman–Crippen MR) is 70.3 cm³/mol. The summed E-state index contributed by atoms with van der Waals surface area (Å²) in [5, 5.41) is 0. The Morgan fingerprint density at radius 2 is 2.32 bits per heavy atom. The molecule has 1 amide bonds. The summed E-state index contributed by atoms with van der Waals surface area (Å²) in [6, 6.07) is 1.73. The van der Waals surface area contributed by atoms with Crippen molar-refractivity contribution in [3.8, 4) is 0 Å². The van der Waals surface area contributed by atoms with Crippen molar-refractivity contribution in [1.82, 2.24) is 10.3 Å². The molecule has 6 nitrogen and oxygen atoms in total. The van der Waals surface area contributed by atoms with Crippen molar-refractivity contribution in [3.63, 3.8) is 0 Å². The van der Waals surface area contributed by atoms with E-state index in [0.29, 0.717) is 11.7 Å². The summed E-state index contributed by atoms with van der Waals surface area (Å²) >= 11 is 0. The van der Waals surface area contributed by atoms with Crippen LogP contribution < -0.4 is 11.3 Å². The summed E-state index contributed by atoms with van der Waals surface area (Å²) in [6.45, 7) is 5.50. The van der Waals surface area contributed by atoms with Crippen LogP contribution in [0, 0.1) is 0 Å². The standard InChI is InChI=1S/C13H21N3O3/c1-2-18-11-3-5-16(6-4-11)8-12-7-10(9-19-12)13(17)15-14/h7,9,11H,2-6,8,14H2,1H3,(H,15,17). The summed E-state index contributed by atoms with van der Waals surface area (Å²) in [6.07, 6.45) is 3.91. The topological polar surface area (TPSA) is 80.7 Å². The molecule has 0 radical (unpaired) electrons. The molecule has 0 atom stereocenters. The normalized spacial score (nSPS) is 17.6. The number of furan rings is 1. The molecule has 19 heavy (non-hydrogen) atoms. The van der Waals surface area contributed by atoms with E-state index in [0.717, 1.165) is 44.8 Å². The molecule has 1 fully saturated rings. The van der Waals surface area contributed by atoms with Crippen molar-refractivity contribution in [2.75, 3.05) is 19.7 Å². The van der Waals surface area contributed by atoms with E-state index in [1.54, 1.807) is 6.07 Å². The number of nitrogens with two attached hydrogens (primary N) is 1. The number of hydrogen-bond donors (Lipinski definition) is 2. The molecule has 106 valence electrons. The van der Waals surface area contributed by atoms with Gasteiger partial charge in [-0.15, -0.1) is 0 Å². The van der Waals surface area contributed by atoms with E-state index >= 15 is 0 Å². The highest BCUT2D eigenvalue weighted by Gasteiger charge is 2.20.